The molecule has 0 saturated heterocycles. The number of amides is 1. The van der Waals surface area contributed by atoms with Gasteiger partial charge in [0.25, 0.3) is 5.91 Å². The first kappa shape index (κ1) is 18.0. The first-order chi connectivity index (χ1) is 11.4. The molecule has 3 N–H and O–H groups in total. The zero-order chi connectivity index (χ0) is 17.7. The lowest BCUT2D eigenvalue weighted by Gasteiger charge is -2.14. The molecule has 1 amide bonds. The van der Waals surface area contributed by atoms with Gasteiger partial charge in [-0.25, -0.2) is 0 Å². The number of hydrogen-bond donors (Lipinski definition) is 2. The van der Waals surface area contributed by atoms with Crippen LogP contribution < -0.4 is 20.5 Å². The van der Waals surface area contributed by atoms with Crippen LogP contribution in [-0.4, -0.2) is 18.1 Å². The normalized spacial score (nSPS) is 10.1. The van der Waals surface area contributed by atoms with E-state index in [1.54, 1.807) is 0 Å². The minimum atomic E-state index is -0.465. The molecule has 0 radical (unpaired) electrons. The van der Waals surface area contributed by atoms with E-state index in [4.69, 9.17) is 26.8 Å². The van der Waals surface area contributed by atoms with E-state index in [0.29, 0.717) is 18.1 Å². The summed E-state index contributed by atoms with van der Waals surface area (Å²) in [5.74, 6) is 0.252. The van der Waals surface area contributed by atoms with E-state index in [2.05, 4.69) is 17.5 Å². The summed E-state index contributed by atoms with van der Waals surface area (Å²) in [5, 5.41) is 2.48. The number of aryl methyl sites for hydroxylation is 1. The molecule has 0 fully saturated rings. The maximum Gasteiger partial charge on any atom is 0.257 e. The molecule has 0 bridgehead atoms. The number of nitrogens with two attached hydrogens (primary N) is 1. The lowest BCUT2D eigenvalue weighted by atomic mass is 10.1. The van der Waals surface area contributed by atoms with E-state index in [9.17, 15) is 4.79 Å². The Labute approximate surface area is 150 Å². The number of carbonyl (C=O) groups is 1. The number of methoxy groups -OCH3 is 1. The number of nitrogens with one attached hydrogen (secondary N) is 1. The van der Waals surface area contributed by atoms with E-state index in [1.807, 2.05) is 31.2 Å². The molecular weight excluding hydrogens is 348 g/mol. The van der Waals surface area contributed by atoms with Gasteiger partial charge in [-0.2, -0.15) is 0 Å². The zero-order valence-corrected chi connectivity index (χ0v) is 14.8. The van der Waals surface area contributed by atoms with Crippen molar-refractivity contribution < 1.29 is 14.3 Å². The molecule has 2 rings (SSSR count). The minimum absolute atomic E-state index is 0.116. The van der Waals surface area contributed by atoms with Crippen LogP contribution in [0.5, 0.6) is 11.5 Å². The van der Waals surface area contributed by atoms with Crippen molar-refractivity contribution in [1.29, 1.82) is 0 Å². The van der Waals surface area contributed by atoms with Gasteiger partial charge in [0.1, 0.15) is 6.61 Å². The van der Waals surface area contributed by atoms with Crippen molar-refractivity contribution in [3.05, 3.63) is 58.1 Å². The lowest BCUT2D eigenvalue weighted by molar-refractivity contribution is 0.0977. The fourth-order valence-electron chi connectivity index (χ4n) is 2.01. The molecule has 0 saturated carbocycles. The second kappa shape index (κ2) is 7.99. The molecule has 2 aromatic carbocycles. The highest BCUT2D eigenvalue weighted by Crippen LogP contribution is 2.37. The van der Waals surface area contributed by atoms with Gasteiger partial charge >= 0.3 is 0 Å². The Bertz CT molecular complexity index is 763. The summed E-state index contributed by atoms with van der Waals surface area (Å²) in [5.41, 5.74) is 7.74. The molecule has 5 nitrogen and oxygen atoms in total. The van der Waals surface area contributed by atoms with Crippen LogP contribution in [0.4, 0.5) is 0 Å². The second-order valence-electron chi connectivity index (χ2n) is 5.08. The van der Waals surface area contributed by atoms with E-state index in [-0.39, 0.29) is 15.7 Å². The van der Waals surface area contributed by atoms with Crippen molar-refractivity contribution in [2.75, 3.05) is 7.11 Å². The third kappa shape index (κ3) is 4.59. The molecular formula is C17H17ClN2O3S. The SMILES string of the molecule is COc1cc(C(=O)NC(N)=S)cc(Cl)c1OCc1ccc(C)cc1. The van der Waals surface area contributed by atoms with Gasteiger partial charge in [-0.05, 0) is 36.8 Å². The van der Waals surface area contributed by atoms with Gasteiger partial charge in [0.05, 0.1) is 12.1 Å². The molecule has 0 unspecified atom stereocenters. The summed E-state index contributed by atoms with van der Waals surface area (Å²) in [4.78, 5) is 12.0. The van der Waals surface area contributed by atoms with Gasteiger partial charge in [0, 0.05) is 5.56 Å². The van der Waals surface area contributed by atoms with Gasteiger partial charge in [0.15, 0.2) is 16.6 Å². The maximum atomic E-state index is 12.0. The predicted octanol–water partition coefficient (Wildman–Crippen LogP) is 3.21. The molecule has 7 heteroatoms. The van der Waals surface area contributed by atoms with Crippen molar-refractivity contribution in [1.82, 2.24) is 5.32 Å². The van der Waals surface area contributed by atoms with E-state index < -0.39 is 5.91 Å². The number of halogens is 1. The molecule has 0 spiro atoms. The van der Waals surface area contributed by atoms with Crippen LogP contribution in [0.1, 0.15) is 21.5 Å². The van der Waals surface area contributed by atoms with Crippen molar-refractivity contribution in [2.45, 2.75) is 13.5 Å². The zero-order valence-electron chi connectivity index (χ0n) is 13.3. The van der Waals surface area contributed by atoms with Gasteiger partial charge in [-0.15, -0.1) is 0 Å². The molecule has 0 aliphatic carbocycles. The number of ether oxygens (including phenoxy) is 2. The Morgan fingerprint density at radius 1 is 1.29 bits per heavy atom. The number of carbonyl (C=O) groups excluding carboxylic acids is 1. The van der Waals surface area contributed by atoms with Crippen molar-refractivity contribution in [2.24, 2.45) is 5.73 Å². The largest absolute Gasteiger partial charge is 0.493 e. The molecule has 0 heterocycles. The lowest BCUT2D eigenvalue weighted by Crippen LogP contribution is -2.34. The van der Waals surface area contributed by atoms with E-state index in [1.165, 1.54) is 24.8 Å². The quantitative estimate of drug-likeness (QED) is 0.797. The molecule has 2 aromatic rings. The molecule has 0 aromatic heterocycles. The summed E-state index contributed by atoms with van der Waals surface area (Å²) in [6.45, 7) is 2.34. The monoisotopic (exact) mass is 364 g/mol. The van der Waals surface area contributed by atoms with Crippen molar-refractivity contribution >= 4 is 34.8 Å². The Balaban J connectivity index is 2.21. The van der Waals surface area contributed by atoms with Gasteiger partial charge in [-0.3, -0.25) is 10.1 Å². The number of benzene rings is 2. The minimum Gasteiger partial charge on any atom is -0.493 e. The van der Waals surface area contributed by atoms with Crippen LogP contribution in [0.2, 0.25) is 5.02 Å². The number of rotatable bonds is 5. The third-order valence-corrected chi connectivity index (χ3v) is 3.61. The third-order valence-electron chi connectivity index (χ3n) is 3.23. The van der Waals surface area contributed by atoms with Crippen LogP contribution in [0.3, 0.4) is 0 Å². The molecule has 0 aliphatic rings. The van der Waals surface area contributed by atoms with E-state index in [0.717, 1.165) is 5.56 Å². The molecule has 0 atom stereocenters. The van der Waals surface area contributed by atoms with Gasteiger partial charge in [0.2, 0.25) is 0 Å². The summed E-state index contributed by atoms with van der Waals surface area (Å²) in [6.07, 6.45) is 0. The highest BCUT2D eigenvalue weighted by atomic mass is 35.5. The summed E-state index contributed by atoms with van der Waals surface area (Å²) in [7, 11) is 1.47. The summed E-state index contributed by atoms with van der Waals surface area (Å²) in [6, 6.07) is 10.9. The average Bonchev–Trinajstić information content (AvgIpc) is 2.54. The summed E-state index contributed by atoms with van der Waals surface area (Å²) < 4.78 is 11.0. The maximum absolute atomic E-state index is 12.0. The fourth-order valence-corrected chi connectivity index (χ4v) is 2.37. The van der Waals surface area contributed by atoms with Gasteiger partial charge in [-0.1, -0.05) is 41.4 Å². The predicted molar refractivity (Wildman–Crippen MR) is 97.8 cm³/mol. The highest BCUT2D eigenvalue weighted by Gasteiger charge is 2.16. The Morgan fingerprint density at radius 2 is 1.96 bits per heavy atom. The van der Waals surface area contributed by atoms with Crippen molar-refractivity contribution in [3.63, 3.8) is 0 Å². The molecule has 126 valence electrons. The topological polar surface area (TPSA) is 73.6 Å². The number of thiocarbonyl (C=S) groups is 1. The van der Waals surface area contributed by atoms with Crippen LogP contribution in [-0.2, 0) is 6.61 Å². The Morgan fingerprint density at radius 3 is 2.54 bits per heavy atom. The highest BCUT2D eigenvalue weighted by molar-refractivity contribution is 7.80. The Kier molecular flexibility index (Phi) is 6.00. The molecule has 24 heavy (non-hydrogen) atoms. The van der Waals surface area contributed by atoms with Gasteiger partial charge < -0.3 is 15.2 Å². The first-order valence-corrected chi connectivity index (χ1v) is 7.86. The first-order valence-electron chi connectivity index (χ1n) is 7.07. The smallest absolute Gasteiger partial charge is 0.257 e. The van der Waals surface area contributed by atoms with Crippen molar-refractivity contribution in [3.8, 4) is 11.5 Å². The molecule has 0 aliphatic heterocycles. The fraction of sp³-hybridized carbons (Fsp3) is 0.176. The van der Waals surface area contributed by atoms with Crippen LogP contribution in [0.25, 0.3) is 0 Å². The average molecular weight is 365 g/mol. The van der Waals surface area contributed by atoms with E-state index >= 15 is 0 Å². The second-order valence-corrected chi connectivity index (χ2v) is 5.93. The standard InChI is InChI=1S/C17H17ClN2O3S/c1-10-3-5-11(6-4-10)9-23-15-13(18)7-12(8-14(15)22-2)16(21)20-17(19)24/h3-8H,9H2,1-2H3,(H3,19,20,21,24). The van der Waals surface area contributed by atoms with Crippen LogP contribution in [0, 0.1) is 6.92 Å². The number of hydrogen-bond acceptors (Lipinski definition) is 4. The summed E-state index contributed by atoms with van der Waals surface area (Å²) >= 11 is 10.9. The van der Waals surface area contributed by atoms with Crippen LogP contribution >= 0.6 is 23.8 Å². The Hall–Kier alpha value is -2.31. The van der Waals surface area contributed by atoms with Crippen LogP contribution in [0.15, 0.2) is 36.4 Å².